The Morgan fingerprint density at radius 1 is 1.37 bits per heavy atom. The Bertz CT molecular complexity index is 646. The summed E-state index contributed by atoms with van der Waals surface area (Å²) in [6, 6.07) is 7.54. The van der Waals surface area contributed by atoms with Crippen molar-refractivity contribution in [2.75, 3.05) is 18.2 Å². The number of H-pyrrole nitrogens is 1. The Labute approximate surface area is 108 Å². The highest BCUT2D eigenvalue weighted by Crippen LogP contribution is 2.25. The van der Waals surface area contributed by atoms with E-state index in [1.54, 1.807) is 18.2 Å². The number of methoxy groups -OCH3 is 1. The van der Waals surface area contributed by atoms with Crippen molar-refractivity contribution in [3.8, 4) is 5.75 Å². The number of hydrogen-bond acceptors (Lipinski definition) is 5. The number of nitrogens with two attached hydrogens (primary N) is 1. The zero-order chi connectivity index (χ0) is 13.8. The minimum Gasteiger partial charge on any atom is -0.495 e. The number of aromatic amines is 1. The molecule has 0 aliphatic carbocycles. The van der Waals surface area contributed by atoms with E-state index in [-0.39, 0.29) is 22.6 Å². The van der Waals surface area contributed by atoms with Gasteiger partial charge in [0.1, 0.15) is 5.75 Å². The number of amides is 1. The van der Waals surface area contributed by atoms with Gasteiger partial charge in [0.2, 0.25) is 0 Å². The number of nitrogen functional groups attached to an aromatic ring is 1. The molecule has 4 N–H and O–H groups in total. The zero-order valence-corrected chi connectivity index (χ0v) is 10.1. The molecule has 2 aromatic rings. The summed E-state index contributed by atoms with van der Waals surface area (Å²) in [5, 5.41) is 8.41. The molecule has 2 rings (SSSR count). The van der Waals surface area contributed by atoms with Crippen LogP contribution in [0, 0.1) is 0 Å². The third-order valence-electron chi connectivity index (χ3n) is 2.45. The number of aromatic nitrogens is 2. The van der Waals surface area contributed by atoms with Gasteiger partial charge in [0, 0.05) is 6.07 Å². The van der Waals surface area contributed by atoms with Crippen molar-refractivity contribution < 1.29 is 9.53 Å². The topological polar surface area (TPSA) is 110 Å². The van der Waals surface area contributed by atoms with Crippen molar-refractivity contribution in [1.29, 1.82) is 0 Å². The van der Waals surface area contributed by atoms with Crippen LogP contribution in [0.5, 0.6) is 5.75 Å². The van der Waals surface area contributed by atoms with Crippen LogP contribution in [0.15, 0.2) is 35.1 Å². The maximum Gasteiger partial charge on any atom is 0.264 e. The molecular formula is C12H12N4O3. The molecule has 98 valence electrons. The lowest BCUT2D eigenvalue weighted by Crippen LogP contribution is -2.17. The number of para-hydroxylation sites is 1. The normalized spacial score (nSPS) is 9.95. The van der Waals surface area contributed by atoms with Gasteiger partial charge in [-0.15, -0.1) is 0 Å². The molecular weight excluding hydrogens is 248 g/mol. The highest BCUT2D eigenvalue weighted by Gasteiger charge is 2.13. The first kappa shape index (κ1) is 12.6. The molecule has 0 bridgehead atoms. The lowest BCUT2D eigenvalue weighted by Gasteiger charge is -2.09. The average Bonchev–Trinajstić information content (AvgIpc) is 2.41. The molecule has 0 fully saturated rings. The minimum atomic E-state index is -0.434. The van der Waals surface area contributed by atoms with Gasteiger partial charge in [0.05, 0.1) is 18.4 Å². The smallest absolute Gasteiger partial charge is 0.264 e. The SMILES string of the molecule is COc1cccc(C(=O)Nc2ccc(=O)[nH]n2)c1N. The highest BCUT2D eigenvalue weighted by molar-refractivity contribution is 6.08. The average molecular weight is 260 g/mol. The van der Waals surface area contributed by atoms with Crippen LogP contribution >= 0.6 is 0 Å². The summed E-state index contributed by atoms with van der Waals surface area (Å²) in [6.07, 6.45) is 0. The first-order chi connectivity index (χ1) is 9.11. The molecule has 0 atom stereocenters. The van der Waals surface area contributed by atoms with Crippen LogP contribution in [-0.4, -0.2) is 23.2 Å². The second kappa shape index (κ2) is 5.21. The van der Waals surface area contributed by atoms with E-state index >= 15 is 0 Å². The fraction of sp³-hybridized carbons (Fsp3) is 0.0833. The number of carbonyl (C=O) groups is 1. The standard InChI is InChI=1S/C12H12N4O3/c1-19-8-4-2-3-7(11(8)13)12(18)14-9-5-6-10(17)16-15-9/h2-6H,13H2,1H3,(H,16,17)(H,14,15,18). The Morgan fingerprint density at radius 3 is 2.79 bits per heavy atom. The summed E-state index contributed by atoms with van der Waals surface area (Å²) in [5.74, 6) is 0.213. The van der Waals surface area contributed by atoms with E-state index in [1.807, 2.05) is 0 Å². The first-order valence-electron chi connectivity index (χ1n) is 5.41. The number of nitrogens with one attached hydrogen (secondary N) is 2. The largest absolute Gasteiger partial charge is 0.495 e. The van der Waals surface area contributed by atoms with E-state index in [1.165, 1.54) is 19.2 Å². The van der Waals surface area contributed by atoms with Gasteiger partial charge in [-0.2, -0.15) is 5.10 Å². The summed E-state index contributed by atoms with van der Waals surface area (Å²) in [6.45, 7) is 0. The molecule has 1 amide bonds. The Kier molecular flexibility index (Phi) is 3.46. The predicted molar refractivity (Wildman–Crippen MR) is 70.2 cm³/mol. The van der Waals surface area contributed by atoms with Gasteiger partial charge >= 0.3 is 0 Å². The molecule has 7 heteroatoms. The summed E-state index contributed by atoms with van der Waals surface area (Å²) in [5.41, 5.74) is 5.97. The van der Waals surface area contributed by atoms with E-state index in [2.05, 4.69) is 15.5 Å². The maximum atomic E-state index is 12.0. The second-order valence-electron chi connectivity index (χ2n) is 3.68. The van der Waals surface area contributed by atoms with E-state index in [0.29, 0.717) is 5.75 Å². The van der Waals surface area contributed by atoms with Crippen LogP contribution in [0.1, 0.15) is 10.4 Å². The summed E-state index contributed by atoms with van der Waals surface area (Å²) < 4.78 is 5.03. The van der Waals surface area contributed by atoms with Gasteiger partial charge in [-0.05, 0) is 18.2 Å². The second-order valence-corrected chi connectivity index (χ2v) is 3.68. The van der Waals surface area contributed by atoms with Crippen molar-refractivity contribution in [3.05, 3.63) is 46.2 Å². The van der Waals surface area contributed by atoms with Gasteiger partial charge in [0.15, 0.2) is 5.82 Å². The van der Waals surface area contributed by atoms with Crippen LogP contribution in [0.2, 0.25) is 0 Å². The molecule has 19 heavy (non-hydrogen) atoms. The van der Waals surface area contributed by atoms with Crippen LogP contribution in [0.25, 0.3) is 0 Å². The Hall–Kier alpha value is -2.83. The number of carbonyl (C=O) groups excluding carboxylic acids is 1. The van der Waals surface area contributed by atoms with Crippen molar-refractivity contribution >= 4 is 17.4 Å². The molecule has 0 aliphatic heterocycles. The van der Waals surface area contributed by atoms with Crippen LogP contribution in [-0.2, 0) is 0 Å². The number of anilines is 2. The molecule has 0 radical (unpaired) electrons. The Balaban J connectivity index is 2.25. The third kappa shape index (κ3) is 2.71. The fourth-order valence-corrected chi connectivity index (χ4v) is 1.52. The molecule has 0 aliphatic rings. The highest BCUT2D eigenvalue weighted by atomic mass is 16.5. The van der Waals surface area contributed by atoms with E-state index in [0.717, 1.165) is 0 Å². The summed E-state index contributed by atoms with van der Waals surface area (Å²) >= 11 is 0. The van der Waals surface area contributed by atoms with Gasteiger partial charge in [-0.1, -0.05) is 6.07 Å². The van der Waals surface area contributed by atoms with E-state index in [4.69, 9.17) is 10.5 Å². The van der Waals surface area contributed by atoms with Gasteiger partial charge < -0.3 is 15.8 Å². The first-order valence-corrected chi connectivity index (χ1v) is 5.41. The van der Waals surface area contributed by atoms with E-state index in [9.17, 15) is 9.59 Å². The minimum absolute atomic E-state index is 0.229. The Morgan fingerprint density at radius 2 is 2.16 bits per heavy atom. The summed E-state index contributed by atoms with van der Waals surface area (Å²) in [7, 11) is 1.47. The van der Waals surface area contributed by atoms with Gasteiger partial charge in [-0.25, -0.2) is 5.10 Å². The molecule has 7 nitrogen and oxygen atoms in total. The van der Waals surface area contributed by atoms with E-state index < -0.39 is 5.91 Å². The quantitative estimate of drug-likeness (QED) is 0.700. The number of rotatable bonds is 3. The van der Waals surface area contributed by atoms with Gasteiger partial charge in [0.25, 0.3) is 11.5 Å². The van der Waals surface area contributed by atoms with Crippen LogP contribution in [0.3, 0.4) is 0 Å². The van der Waals surface area contributed by atoms with Crippen molar-refractivity contribution in [3.63, 3.8) is 0 Å². The van der Waals surface area contributed by atoms with Crippen molar-refractivity contribution in [2.45, 2.75) is 0 Å². The number of hydrogen-bond donors (Lipinski definition) is 3. The molecule has 1 heterocycles. The molecule has 0 saturated heterocycles. The molecule has 0 unspecified atom stereocenters. The molecule has 0 saturated carbocycles. The number of nitrogens with zero attached hydrogens (tertiary/aromatic N) is 1. The van der Waals surface area contributed by atoms with Crippen LogP contribution in [0.4, 0.5) is 11.5 Å². The number of ether oxygens (including phenoxy) is 1. The third-order valence-corrected chi connectivity index (χ3v) is 2.45. The maximum absolute atomic E-state index is 12.0. The predicted octanol–water partition coefficient (Wildman–Crippen LogP) is 0.613. The lowest BCUT2D eigenvalue weighted by atomic mass is 10.1. The zero-order valence-electron chi connectivity index (χ0n) is 10.1. The fourth-order valence-electron chi connectivity index (χ4n) is 1.52. The van der Waals surface area contributed by atoms with Crippen LogP contribution < -0.4 is 21.3 Å². The monoisotopic (exact) mass is 260 g/mol. The van der Waals surface area contributed by atoms with Crippen molar-refractivity contribution in [1.82, 2.24) is 10.2 Å². The lowest BCUT2D eigenvalue weighted by molar-refractivity contribution is 0.102. The molecule has 1 aromatic heterocycles. The van der Waals surface area contributed by atoms with Gasteiger partial charge in [-0.3, -0.25) is 9.59 Å². The molecule has 0 spiro atoms. The number of benzene rings is 1. The molecule has 1 aromatic carbocycles. The summed E-state index contributed by atoms with van der Waals surface area (Å²) in [4.78, 5) is 22.9. The van der Waals surface area contributed by atoms with Crippen molar-refractivity contribution in [2.24, 2.45) is 0 Å².